The maximum atomic E-state index is 14.1. The summed E-state index contributed by atoms with van der Waals surface area (Å²) < 4.78 is 15.3. The van der Waals surface area contributed by atoms with Crippen molar-refractivity contribution in [1.82, 2.24) is 35.5 Å². The van der Waals surface area contributed by atoms with Gasteiger partial charge in [-0.3, -0.25) is 28.8 Å². The van der Waals surface area contributed by atoms with Gasteiger partial charge in [-0.25, -0.2) is 14.2 Å². The van der Waals surface area contributed by atoms with Gasteiger partial charge in [-0.05, 0) is 79.8 Å². The molecule has 6 N–H and O–H groups in total. The molecule has 2 aliphatic rings. The van der Waals surface area contributed by atoms with E-state index in [9.17, 15) is 23.6 Å². The molecule has 1 aliphatic carbocycles. The Morgan fingerprint density at radius 1 is 0.914 bits per heavy atom. The number of nitrogens with two attached hydrogens (primary N) is 1. The Balaban J connectivity index is 1.01. The van der Waals surface area contributed by atoms with E-state index in [-0.39, 0.29) is 65.2 Å². The van der Waals surface area contributed by atoms with Gasteiger partial charge in [-0.15, -0.1) is 0 Å². The molecule has 18 heteroatoms. The minimum atomic E-state index is -0.923. The molecule has 0 unspecified atom stereocenters. The molecule has 1 fully saturated rings. The number of amides is 4. The van der Waals surface area contributed by atoms with Crippen molar-refractivity contribution >= 4 is 81.2 Å². The lowest BCUT2D eigenvalue weighted by Crippen LogP contribution is -2.52. The molecule has 304 valence electrons. The summed E-state index contributed by atoms with van der Waals surface area (Å²) in [5.74, 6) is -1.11. The highest BCUT2D eigenvalue weighted by molar-refractivity contribution is 7.99. The zero-order chi connectivity index (χ0) is 41.2. The summed E-state index contributed by atoms with van der Waals surface area (Å²) in [6.45, 7) is 1.55. The molecule has 3 aromatic carbocycles. The number of thioether (sulfide) groups is 1. The minimum Gasteiger partial charge on any atom is -0.378 e. The number of nitrogens with zero attached hydrogens (tertiary/aromatic N) is 6. The third kappa shape index (κ3) is 8.87. The molecule has 1 atom stereocenters. The molecular formula is C40H46FN11O4S2. The quantitative estimate of drug-likeness (QED) is 0.112. The molecule has 7 rings (SSSR count). The number of halogens is 1. The second-order valence-corrected chi connectivity index (χ2v) is 16.9. The van der Waals surface area contributed by atoms with Crippen LogP contribution in [0.15, 0.2) is 80.4 Å². The van der Waals surface area contributed by atoms with Crippen molar-refractivity contribution in [2.45, 2.75) is 72.2 Å². The fourth-order valence-electron chi connectivity index (χ4n) is 7.10. The van der Waals surface area contributed by atoms with Crippen molar-refractivity contribution in [3.05, 3.63) is 82.4 Å². The Labute approximate surface area is 343 Å². The SMILES string of the molecule is CC(=O)N[C@@H](CSc1nc2c(=O)[nH]c(N)nc2n1Cc1ccc(F)cc1)C(=O)NC1CCC(NC(=O)N2c3ccc(N(C)C)cc3Sc3cc(N(C)C)ccc32)CC1. The minimum absolute atomic E-state index is 0.0627. The number of carbonyl (C=O) groups excluding carboxylic acids is 3. The van der Waals surface area contributed by atoms with Crippen molar-refractivity contribution < 1.29 is 18.8 Å². The number of nitrogens with one attached hydrogen (secondary N) is 4. The molecule has 0 saturated heterocycles. The fraction of sp³-hybridized carbons (Fsp3) is 0.350. The van der Waals surface area contributed by atoms with Crippen LogP contribution in [0.4, 0.5) is 37.9 Å². The zero-order valence-electron chi connectivity index (χ0n) is 32.8. The first kappa shape index (κ1) is 40.4. The number of carbonyl (C=O) groups is 3. The van der Waals surface area contributed by atoms with E-state index < -0.39 is 11.6 Å². The molecule has 0 radical (unpaired) electrons. The van der Waals surface area contributed by atoms with Crippen LogP contribution >= 0.6 is 23.5 Å². The summed E-state index contributed by atoms with van der Waals surface area (Å²) in [7, 11) is 7.97. The van der Waals surface area contributed by atoms with Crippen molar-refractivity contribution in [3.63, 3.8) is 0 Å². The van der Waals surface area contributed by atoms with E-state index in [0.717, 1.165) is 38.1 Å². The molecule has 1 saturated carbocycles. The maximum absolute atomic E-state index is 14.1. The molecule has 1 aliphatic heterocycles. The first-order valence-electron chi connectivity index (χ1n) is 18.9. The van der Waals surface area contributed by atoms with Crippen LogP contribution < -0.4 is 41.9 Å². The van der Waals surface area contributed by atoms with E-state index in [4.69, 9.17) is 5.73 Å². The van der Waals surface area contributed by atoms with Crippen LogP contribution in [0.2, 0.25) is 0 Å². The average molecular weight is 828 g/mol. The van der Waals surface area contributed by atoms with Crippen LogP contribution in [-0.4, -0.2) is 89.4 Å². The number of H-pyrrole nitrogens is 1. The maximum Gasteiger partial charge on any atom is 0.326 e. The molecule has 2 aromatic heterocycles. The highest BCUT2D eigenvalue weighted by Gasteiger charge is 2.33. The summed E-state index contributed by atoms with van der Waals surface area (Å²) in [6.07, 6.45) is 2.55. The number of anilines is 5. The third-order valence-corrected chi connectivity index (χ3v) is 12.3. The first-order chi connectivity index (χ1) is 27.7. The Kier molecular flexibility index (Phi) is 11.9. The van der Waals surface area contributed by atoms with Gasteiger partial charge < -0.3 is 31.5 Å². The van der Waals surface area contributed by atoms with Crippen LogP contribution in [-0.2, 0) is 16.1 Å². The van der Waals surface area contributed by atoms with Gasteiger partial charge in [0.1, 0.15) is 11.9 Å². The number of aromatic nitrogens is 4. The summed E-state index contributed by atoms with van der Waals surface area (Å²) >= 11 is 2.83. The Bertz CT molecular complexity index is 2360. The largest absolute Gasteiger partial charge is 0.378 e. The number of nitrogen functional groups attached to an aromatic ring is 1. The number of hydrogen-bond acceptors (Lipinski definition) is 11. The van der Waals surface area contributed by atoms with E-state index in [1.54, 1.807) is 33.4 Å². The van der Waals surface area contributed by atoms with E-state index >= 15 is 0 Å². The molecule has 4 amide bonds. The molecule has 0 bridgehead atoms. The molecule has 3 heterocycles. The summed E-state index contributed by atoms with van der Waals surface area (Å²) in [4.78, 5) is 71.9. The predicted molar refractivity (Wildman–Crippen MR) is 227 cm³/mol. The fourth-order valence-corrected chi connectivity index (χ4v) is 9.24. The van der Waals surface area contributed by atoms with Crippen LogP contribution in [0.1, 0.15) is 38.2 Å². The van der Waals surface area contributed by atoms with E-state index in [1.165, 1.54) is 30.8 Å². The molecule has 58 heavy (non-hydrogen) atoms. The van der Waals surface area contributed by atoms with Crippen molar-refractivity contribution in [3.8, 4) is 0 Å². The van der Waals surface area contributed by atoms with E-state index in [0.29, 0.717) is 30.8 Å². The number of rotatable bonds is 11. The number of hydrogen-bond donors (Lipinski definition) is 5. The van der Waals surface area contributed by atoms with Crippen LogP contribution in [0.25, 0.3) is 11.2 Å². The van der Waals surface area contributed by atoms with Crippen LogP contribution in [0.5, 0.6) is 0 Å². The standard InChI is InChI=1S/C40H46FN11O4S2/c1-22(53)43-29(21-57-40-46-34-35(47-38(42)48-37(34)55)51(40)20-23-6-8-24(41)9-7-23)36(54)44-25-10-12-26(13-11-25)45-39(56)52-30-16-14-27(49(2)3)18-32(30)58-33-19-28(50(4)5)15-17-31(33)52/h6-9,14-19,25-26,29H,10-13,20-21H2,1-5H3,(H,43,53)(H,44,54)(H,45,56)(H3,42,47,48,55)/t25?,26?,29-/m0/s1. The van der Waals surface area contributed by atoms with Crippen molar-refractivity contribution in [2.24, 2.45) is 0 Å². The second-order valence-electron chi connectivity index (χ2n) is 14.8. The van der Waals surface area contributed by atoms with Gasteiger partial charge in [-0.2, -0.15) is 4.98 Å². The average Bonchev–Trinajstić information content (AvgIpc) is 3.52. The number of benzene rings is 3. The monoisotopic (exact) mass is 827 g/mol. The highest BCUT2D eigenvalue weighted by atomic mass is 32.2. The van der Waals surface area contributed by atoms with Gasteiger partial charge in [0.15, 0.2) is 16.3 Å². The second kappa shape index (κ2) is 17.0. The van der Waals surface area contributed by atoms with Gasteiger partial charge in [0.05, 0.1) is 17.9 Å². The van der Waals surface area contributed by atoms with E-state index in [1.807, 2.05) is 62.3 Å². The Morgan fingerprint density at radius 2 is 1.50 bits per heavy atom. The molecular weight excluding hydrogens is 782 g/mol. The van der Waals surface area contributed by atoms with Crippen molar-refractivity contribution in [1.29, 1.82) is 0 Å². The lowest BCUT2D eigenvalue weighted by Gasteiger charge is -2.35. The van der Waals surface area contributed by atoms with Gasteiger partial charge >= 0.3 is 6.03 Å². The van der Waals surface area contributed by atoms with Gasteiger partial charge in [0.2, 0.25) is 17.8 Å². The topological polar surface area (TPSA) is 187 Å². The highest BCUT2D eigenvalue weighted by Crippen LogP contribution is 2.50. The van der Waals surface area contributed by atoms with Gasteiger partial charge in [0, 0.05) is 74.1 Å². The Hall–Kier alpha value is -5.75. The number of fused-ring (bicyclic) bond motifs is 3. The Morgan fingerprint density at radius 3 is 2.07 bits per heavy atom. The van der Waals surface area contributed by atoms with Gasteiger partial charge in [0.25, 0.3) is 5.56 Å². The first-order valence-corrected chi connectivity index (χ1v) is 20.7. The summed E-state index contributed by atoms with van der Waals surface area (Å²) in [5.41, 5.74) is 10.1. The summed E-state index contributed by atoms with van der Waals surface area (Å²) in [6, 6.07) is 16.7. The summed E-state index contributed by atoms with van der Waals surface area (Å²) in [5, 5.41) is 9.50. The number of imidazole rings is 1. The lowest BCUT2D eigenvalue weighted by atomic mass is 9.91. The van der Waals surface area contributed by atoms with Crippen LogP contribution in [0.3, 0.4) is 0 Å². The number of aromatic amines is 1. The molecule has 15 nitrogen and oxygen atoms in total. The predicted octanol–water partition coefficient (Wildman–Crippen LogP) is 5.06. The van der Waals surface area contributed by atoms with Crippen molar-refractivity contribution in [2.75, 3.05) is 54.4 Å². The van der Waals surface area contributed by atoms with Crippen LogP contribution in [0, 0.1) is 5.82 Å². The zero-order valence-corrected chi connectivity index (χ0v) is 34.5. The van der Waals surface area contributed by atoms with E-state index in [2.05, 4.69) is 43.0 Å². The number of urea groups is 1. The van der Waals surface area contributed by atoms with Gasteiger partial charge in [-0.1, -0.05) is 35.7 Å². The lowest BCUT2D eigenvalue weighted by molar-refractivity contribution is -0.128. The molecule has 0 spiro atoms. The third-order valence-electron chi connectivity index (χ3n) is 10.1. The normalized spacial score (nSPS) is 16.6. The molecule has 5 aromatic rings. The smallest absolute Gasteiger partial charge is 0.326 e.